The van der Waals surface area contributed by atoms with E-state index < -0.39 is 0 Å². The minimum absolute atomic E-state index is 0.254. The number of carbonyl (C=O) groups excluding carboxylic acids is 2. The molecule has 0 radical (unpaired) electrons. The molecule has 1 aliphatic rings. The van der Waals surface area contributed by atoms with Crippen molar-refractivity contribution in [3.8, 4) is 0 Å². The Hall–Kier alpha value is -0.850. The first-order valence-electron chi connectivity index (χ1n) is 8.04. The van der Waals surface area contributed by atoms with Gasteiger partial charge in [0.1, 0.15) is 0 Å². The molecule has 24 heavy (non-hydrogen) atoms. The molecule has 1 atom stereocenters. The van der Waals surface area contributed by atoms with Gasteiger partial charge in [-0.3, -0.25) is 9.59 Å². The van der Waals surface area contributed by atoms with Crippen molar-refractivity contribution in [2.75, 3.05) is 17.7 Å². The molecule has 2 rings (SSSR count). The smallest absolute Gasteiger partial charge is 0.306 e. The molecule has 1 aromatic rings. The zero-order valence-electron chi connectivity index (χ0n) is 13.7. The monoisotopic (exact) mass is 387 g/mol. The van der Waals surface area contributed by atoms with Crippen LogP contribution in [0.4, 0.5) is 5.69 Å². The molecule has 0 unspecified atom stereocenters. The number of benzene rings is 1. The summed E-state index contributed by atoms with van der Waals surface area (Å²) in [4.78, 5) is 23.5. The molecule has 1 aliphatic heterocycles. The largest absolute Gasteiger partial charge is 0.456 e. The third-order valence-electron chi connectivity index (χ3n) is 3.71. The van der Waals surface area contributed by atoms with E-state index in [9.17, 15) is 9.59 Å². The maximum Gasteiger partial charge on any atom is 0.306 e. The Morgan fingerprint density at radius 3 is 2.92 bits per heavy atom. The standard InChI is InChI=1S/C17H22ClNO3S2/c1-12-10-13(18)6-7-15(12)19-16(20)11-22-17(21)5-3-2-4-14-8-9-23-24-14/h6-7,10,14H,2-5,8-9,11H2,1H3,(H,19,20)/t14-/m1/s1. The highest BCUT2D eigenvalue weighted by atomic mass is 35.5. The zero-order chi connectivity index (χ0) is 17.4. The molecule has 1 N–H and O–H groups in total. The van der Waals surface area contributed by atoms with Gasteiger partial charge in [-0.1, -0.05) is 39.6 Å². The summed E-state index contributed by atoms with van der Waals surface area (Å²) in [5.74, 6) is 0.583. The van der Waals surface area contributed by atoms with Gasteiger partial charge >= 0.3 is 5.97 Å². The number of amides is 1. The molecule has 1 aromatic carbocycles. The van der Waals surface area contributed by atoms with Gasteiger partial charge in [0.2, 0.25) is 0 Å². The second-order valence-electron chi connectivity index (χ2n) is 5.74. The summed E-state index contributed by atoms with van der Waals surface area (Å²) < 4.78 is 5.03. The molecule has 1 fully saturated rings. The van der Waals surface area contributed by atoms with Crippen LogP contribution < -0.4 is 5.32 Å². The Balaban J connectivity index is 1.59. The fraction of sp³-hybridized carbons (Fsp3) is 0.529. The van der Waals surface area contributed by atoms with E-state index in [0.717, 1.165) is 30.1 Å². The fourth-order valence-corrected chi connectivity index (χ4v) is 5.63. The maximum atomic E-state index is 11.8. The number of hydrogen-bond acceptors (Lipinski definition) is 5. The van der Waals surface area contributed by atoms with Gasteiger partial charge in [-0.25, -0.2) is 0 Å². The molecule has 7 heteroatoms. The van der Waals surface area contributed by atoms with E-state index in [2.05, 4.69) is 5.32 Å². The van der Waals surface area contributed by atoms with Gasteiger partial charge in [0.25, 0.3) is 5.91 Å². The minimum Gasteiger partial charge on any atom is -0.456 e. The van der Waals surface area contributed by atoms with Gasteiger partial charge in [0.05, 0.1) is 0 Å². The number of hydrogen-bond donors (Lipinski definition) is 1. The lowest BCUT2D eigenvalue weighted by atomic mass is 10.1. The molecule has 0 bridgehead atoms. The average Bonchev–Trinajstić information content (AvgIpc) is 3.06. The Morgan fingerprint density at radius 2 is 2.21 bits per heavy atom. The van der Waals surface area contributed by atoms with Crippen molar-refractivity contribution >= 4 is 50.8 Å². The van der Waals surface area contributed by atoms with Gasteiger partial charge < -0.3 is 10.1 Å². The van der Waals surface area contributed by atoms with Crippen molar-refractivity contribution in [1.29, 1.82) is 0 Å². The first kappa shape index (κ1) is 19.5. The van der Waals surface area contributed by atoms with Crippen LogP contribution in [-0.2, 0) is 14.3 Å². The Labute approximate surface area is 155 Å². The highest BCUT2D eigenvalue weighted by Gasteiger charge is 2.16. The van der Waals surface area contributed by atoms with Crippen molar-refractivity contribution in [3.63, 3.8) is 0 Å². The SMILES string of the molecule is Cc1cc(Cl)ccc1NC(=O)COC(=O)CCCC[C@@H]1CCSS1. The lowest BCUT2D eigenvalue weighted by molar-refractivity contribution is -0.147. The number of ether oxygens (including phenoxy) is 1. The van der Waals surface area contributed by atoms with E-state index in [0.29, 0.717) is 17.1 Å². The third-order valence-corrected chi connectivity index (χ3v) is 6.95. The van der Waals surface area contributed by atoms with E-state index in [1.54, 1.807) is 18.2 Å². The van der Waals surface area contributed by atoms with Gasteiger partial charge in [0.15, 0.2) is 6.61 Å². The highest BCUT2D eigenvalue weighted by Crippen LogP contribution is 2.39. The number of halogens is 1. The molecule has 4 nitrogen and oxygen atoms in total. The van der Waals surface area contributed by atoms with E-state index in [1.165, 1.54) is 12.2 Å². The summed E-state index contributed by atoms with van der Waals surface area (Å²) >= 11 is 5.87. The summed E-state index contributed by atoms with van der Waals surface area (Å²) in [7, 11) is 3.89. The quantitative estimate of drug-likeness (QED) is 0.392. The number of carbonyl (C=O) groups is 2. The summed E-state index contributed by atoms with van der Waals surface area (Å²) in [6.07, 6.45) is 4.64. The van der Waals surface area contributed by atoms with Crippen molar-refractivity contribution in [2.45, 2.75) is 44.3 Å². The van der Waals surface area contributed by atoms with Crippen LogP contribution in [0.1, 0.15) is 37.7 Å². The van der Waals surface area contributed by atoms with Gasteiger partial charge in [-0.15, -0.1) is 0 Å². The van der Waals surface area contributed by atoms with Crippen LogP contribution in [0.2, 0.25) is 5.02 Å². The topological polar surface area (TPSA) is 55.4 Å². The number of rotatable bonds is 8. The summed E-state index contributed by atoms with van der Waals surface area (Å²) in [6.45, 7) is 1.60. The molecule has 132 valence electrons. The molecular weight excluding hydrogens is 366 g/mol. The first-order chi connectivity index (χ1) is 11.5. The first-order valence-corrected chi connectivity index (χ1v) is 10.8. The minimum atomic E-state index is -0.340. The lowest BCUT2D eigenvalue weighted by Crippen LogP contribution is -2.21. The van der Waals surface area contributed by atoms with E-state index >= 15 is 0 Å². The number of nitrogens with one attached hydrogen (secondary N) is 1. The third kappa shape index (κ3) is 6.95. The van der Waals surface area contributed by atoms with Crippen LogP contribution in [0.25, 0.3) is 0 Å². The number of unbranched alkanes of at least 4 members (excludes halogenated alkanes) is 1. The Morgan fingerprint density at radius 1 is 1.38 bits per heavy atom. The number of anilines is 1. The molecule has 0 saturated carbocycles. The maximum absolute atomic E-state index is 11.8. The van der Waals surface area contributed by atoms with Crippen LogP contribution in [0, 0.1) is 6.92 Å². The summed E-state index contributed by atoms with van der Waals surface area (Å²) in [5, 5.41) is 4.07. The molecule has 0 aromatic heterocycles. The van der Waals surface area contributed by atoms with Gasteiger partial charge in [0, 0.05) is 28.1 Å². The molecule has 1 amide bonds. The Kier molecular flexibility index (Phi) is 8.29. The normalized spacial score (nSPS) is 16.8. The number of aryl methyl sites for hydroxylation is 1. The van der Waals surface area contributed by atoms with Crippen molar-refractivity contribution in [1.82, 2.24) is 0 Å². The highest BCUT2D eigenvalue weighted by molar-refractivity contribution is 8.77. The zero-order valence-corrected chi connectivity index (χ0v) is 16.1. The predicted molar refractivity (Wildman–Crippen MR) is 103 cm³/mol. The molecule has 1 heterocycles. The second-order valence-corrected chi connectivity index (χ2v) is 8.97. The van der Waals surface area contributed by atoms with Crippen LogP contribution in [-0.4, -0.2) is 29.5 Å². The number of esters is 1. The van der Waals surface area contributed by atoms with Crippen LogP contribution >= 0.6 is 33.2 Å². The lowest BCUT2D eigenvalue weighted by Gasteiger charge is -2.09. The molecule has 0 spiro atoms. The van der Waals surface area contributed by atoms with E-state index in [-0.39, 0.29) is 18.5 Å². The Bertz CT molecular complexity index is 577. The summed E-state index contributed by atoms with van der Waals surface area (Å²) in [5.41, 5.74) is 1.54. The van der Waals surface area contributed by atoms with E-state index in [1.807, 2.05) is 28.5 Å². The average molecular weight is 388 g/mol. The van der Waals surface area contributed by atoms with Gasteiger partial charge in [-0.2, -0.15) is 0 Å². The van der Waals surface area contributed by atoms with Crippen LogP contribution in [0.15, 0.2) is 18.2 Å². The fourth-order valence-electron chi connectivity index (χ4n) is 2.38. The van der Waals surface area contributed by atoms with Crippen molar-refractivity contribution in [2.24, 2.45) is 0 Å². The van der Waals surface area contributed by atoms with Gasteiger partial charge in [-0.05, 0) is 49.9 Å². The van der Waals surface area contributed by atoms with Crippen LogP contribution in [0.5, 0.6) is 0 Å². The molecule has 0 aliphatic carbocycles. The molecule has 1 saturated heterocycles. The second kappa shape index (κ2) is 10.2. The van der Waals surface area contributed by atoms with Crippen molar-refractivity contribution < 1.29 is 14.3 Å². The van der Waals surface area contributed by atoms with E-state index in [4.69, 9.17) is 16.3 Å². The summed E-state index contributed by atoms with van der Waals surface area (Å²) in [6, 6.07) is 5.21. The van der Waals surface area contributed by atoms with Crippen LogP contribution in [0.3, 0.4) is 0 Å². The predicted octanol–water partition coefficient (Wildman–Crippen LogP) is 4.84. The van der Waals surface area contributed by atoms with Crippen molar-refractivity contribution in [3.05, 3.63) is 28.8 Å². The molecular formula is C17H22ClNO3S2.